The zero-order chi connectivity index (χ0) is 17.0. The van der Waals surface area contributed by atoms with E-state index in [0.717, 1.165) is 18.7 Å². The van der Waals surface area contributed by atoms with Crippen LogP contribution in [0.1, 0.15) is 15.9 Å². The van der Waals surface area contributed by atoms with Crippen molar-refractivity contribution in [2.45, 2.75) is 10.6 Å². The zero-order valence-electron chi connectivity index (χ0n) is 13.2. The molecule has 5 nitrogen and oxygen atoms in total. The molecule has 126 valence electrons. The van der Waals surface area contributed by atoms with Gasteiger partial charge >= 0.3 is 0 Å². The number of carbonyl (C=O) groups is 1. The van der Waals surface area contributed by atoms with Crippen LogP contribution in [0.5, 0.6) is 0 Å². The lowest BCUT2D eigenvalue weighted by molar-refractivity contribution is 0.0942. The van der Waals surface area contributed by atoms with Gasteiger partial charge in [-0.25, -0.2) is 8.42 Å². The van der Waals surface area contributed by atoms with Crippen LogP contribution in [0, 0.1) is 5.92 Å². The Balaban J connectivity index is 1.65. The summed E-state index contributed by atoms with van der Waals surface area (Å²) in [5.74, 6) is 0.266. The minimum absolute atomic E-state index is 0.0476. The van der Waals surface area contributed by atoms with Crippen molar-refractivity contribution in [2.24, 2.45) is 5.92 Å². The van der Waals surface area contributed by atoms with Crippen LogP contribution in [0.4, 0.5) is 0 Å². The fraction of sp³-hybridized carbons (Fsp3) is 0.278. The molecule has 3 rings (SSSR count). The molecule has 2 aromatic carbocycles. The molecule has 2 N–H and O–H groups in total. The highest BCUT2D eigenvalue weighted by Crippen LogP contribution is 2.17. The minimum Gasteiger partial charge on any atom is -0.352 e. The maximum Gasteiger partial charge on any atom is 0.251 e. The molecule has 0 spiro atoms. The predicted molar refractivity (Wildman–Crippen MR) is 92.5 cm³/mol. The molecular formula is C18H20N2O3S. The van der Waals surface area contributed by atoms with Gasteiger partial charge < -0.3 is 10.6 Å². The maximum atomic E-state index is 12.4. The van der Waals surface area contributed by atoms with E-state index in [1.165, 1.54) is 12.1 Å². The first-order valence-electron chi connectivity index (χ1n) is 7.90. The minimum atomic E-state index is -3.42. The highest BCUT2D eigenvalue weighted by Gasteiger charge is 2.19. The zero-order valence-corrected chi connectivity index (χ0v) is 14.1. The van der Waals surface area contributed by atoms with Crippen LogP contribution in [0.15, 0.2) is 59.5 Å². The SMILES string of the molecule is O=C(NCC1CNC1)c1ccc(S(=O)(=O)Cc2ccccc2)cc1. The molecule has 1 amide bonds. The second-order valence-corrected chi connectivity index (χ2v) is 7.99. The summed E-state index contributed by atoms with van der Waals surface area (Å²) in [6.45, 7) is 2.49. The Kier molecular flexibility index (Phi) is 4.97. The highest BCUT2D eigenvalue weighted by atomic mass is 32.2. The highest BCUT2D eigenvalue weighted by molar-refractivity contribution is 7.90. The Labute approximate surface area is 142 Å². The molecule has 1 fully saturated rings. The normalized spacial score (nSPS) is 14.8. The topological polar surface area (TPSA) is 75.3 Å². The number of sulfone groups is 1. The molecule has 24 heavy (non-hydrogen) atoms. The van der Waals surface area contributed by atoms with Gasteiger partial charge in [-0.05, 0) is 29.8 Å². The molecule has 1 saturated heterocycles. The quantitative estimate of drug-likeness (QED) is 0.835. The summed E-state index contributed by atoms with van der Waals surface area (Å²) >= 11 is 0. The molecule has 0 radical (unpaired) electrons. The van der Waals surface area contributed by atoms with Gasteiger partial charge in [0.05, 0.1) is 10.6 Å². The fourth-order valence-corrected chi connectivity index (χ4v) is 3.87. The van der Waals surface area contributed by atoms with Crippen molar-refractivity contribution in [3.63, 3.8) is 0 Å². The molecule has 1 aliphatic heterocycles. The summed E-state index contributed by atoms with van der Waals surface area (Å²) in [4.78, 5) is 12.3. The number of hydrogen-bond acceptors (Lipinski definition) is 4. The van der Waals surface area contributed by atoms with Crippen molar-refractivity contribution in [3.05, 3.63) is 65.7 Å². The van der Waals surface area contributed by atoms with Crippen molar-refractivity contribution in [1.29, 1.82) is 0 Å². The molecule has 0 saturated carbocycles. The van der Waals surface area contributed by atoms with E-state index in [2.05, 4.69) is 10.6 Å². The van der Waals surface area contributed by atoms with Gasteiger partial charge in [-0.2, -0.15) is 0 Å². The van der Waals surface area contributed by atoms with Crippen LogP contribution in [-0.4, -0.2) is 34.0 Å². The molecular weight excluding hydrogens is 324 g/mol. The van der Waals surface area contributed by atoms with Gasteiger partial charge in [-0.3, -0.25) is 4.79 Å². The largest absolute Gasteiger partial charge is 0.352 e. The lowest BCUT2D eigenvalue weighted by Crippen LogP contribution is -2.48. The van der Waals surface area contributed by atoms with Crippen LogP contribution in [0.2, 0.25) is 0 Å². The molecule has 1 aliphatic rings. The van der Waals surface area contributed by atoms with Crippen LogP contribution in [-0.2, 0) is 15.6 Å². The van der Waals surface area contributed by atoms with Gasteiger partial charge in [0, 0.05) is 31.1 Å². The molecule has 0 bridgehead atoms. The number of carbonyl (C=O) groups excluding carboxylic acids is 1. The van der Waals surface area contributed by atoms with Crippen LogP contribution in [0.25, 0.3) is 0 Å². The molecule has 0 atom stereocenters. The smallest absolute Gasteiger partial charge is 0.251 e. The summed E-state index contributed by atoms with van der Waals surface area (Å²) in [6.07, 6.45) is 0. The van der Waals surface area contributed by atoms with Gasteiger partial charge in [0.1, 0.15) is 0 Å². The van der Waals surface area contributed by atoms with E-state index in [9.17, 15) is 13.2 Å². The van der Waals surface area contributed by atoms with E-state index in [0.29, 0.717) is 18.0 Å². The predicted octanol–water partition coefficient (Wildman–Crippen LogP) is 1.61. The Morgan fingerprint density at radius 2 is 1.71 bits per heavy atom. The Morgan fingerprint density at radius 3 is 2.29 bits per heavy atom. The van der Waals surface area contributed by atoms with Gasteiger partial charge in [0.2, 0.25) is 0 Å². The van der Waals surface area contributed by atoms with Gasteiger partial charge in [-0.15, -0.1) is 0 Å². The van der Waals surface area contributed by atoms with Crippen molar-refractivity contribution in [1.82, 2.24) is 10.6 Å². The Hall–Kier alpha value is -2.18. The van der Waals surface area contributed by atoms with Gasteiger partial charge in [0.15, 0.2) is 9.84 Å². The summed E-state index contributed by atoms with van der Waals surface area (Å²) < 4.78 is 24.9. The molecule has 2 aromatic rings. The summed E-state index contributed by atoms with van der Waals surface area (Å²) in [7, 11) is -3.42. The molecule has 0 aromatic heterocycles. The third-order valence-electron chi connectivity index (χ3n) is 4.09. The fourth-order valence-electron chi connectivity index (χ4n) is 2.52. The maximum absolute atomic E-state index is 12.4. The second-order valence-electron chi connectivity index (χ2n) is 6.00. The first kappa shape index (κ1) is 16.7. The summed E-state index contributed by atoms with van der Waals surface area (Å²) in [5, 5.41) is 6.02. The number of nitrogens with one attached hydrogen (secondary N) is 2. The summed E-state index contributed by atoms with van der Waals surface area (Å²) in [6, 6.07) is 15.2. The van der Waals surface area contributed by atoms with E-state index < -0.39 is 9.84 Å². The number of benzene rings is 2. The van der Waals surface area contributed by atoms with Crippen LogP contribution < -0.4 is 10.6 Å². The van der Waals surface area contributed by atoms with Crippen LogP contribution >= 0.6 is 0 Å². The van der Waals surface area contributed by atoms with Crippen molar-refractivity contribution in [2.75, 3.05) is 19.6 Å². The van der Waals surface area contributed by atoms with E-state index in [1.54, 1.807) is 24.3 Å². The monoisotopic (exact) mass is 344 g/mol. The second kappa shape index (κ2) is 7.15. The molecule has 6 heteroatoms. The van der Waals surface area contributed by atoms with Crippen molar-refractivity contribution >= 4 is 15.7 Å². The summed E-state index contributed by atoms with van der Waals surface area (Å²) in [5.41, 5.74) is 1.22. The standard InChI is InChI=1S/C18H20N2O3S/c21-18(20-12-15-10-19-11-15)16-6-8-17(9-7-16)24(22,23)13-14-4-2-1-3-5-14/h1-9,15,19H,10-13H2,(H,20,21). The molecule has 0 unspecified atom stereocenters. The number of rotatable bonds is 6. The third kappa shape index (κ3) is 4.01. The first-order valence-corrected chi connectivity index (χ1v) is 9.55. The Morgan fingerprint density at radius 1 is 1.04 bits per heavy atom. The van der Waals surface area contributed by atoms with E-state index >= 15 is 0 Å². The van der Waals surface area contributed by atoms with Gasteiger partial charge in [-0.1, -0.05) is 30.3 Å². The Bertz CT molecular complexity index is 798. The third-order valence-corrected chi connectivity index (χ3v) is 5.80. The van der Waals surface area contributed by atoms with E-state index in [1.807, 2.05) is 18.2 Å². The number of hydrogen-bond donors (Lipinski definition) is 2. The average molecular weight is 344 g/mol. The van der Waals surface area contributed by atoms with Crippen molar-refractivity contribution < 1.29 is 13.2 Å². The number of amides is 1. The first-order chi connectivity index (χ1) is 11.5. The average Bonchev–Trinajstić information content (AvgIpc) is 2.54. The lowest BCUT2D eigenvalue weighted by atomic mass is 10.0. The van der Waals surface area contributed by atoms with Crippen molar-refractivity contribution in [3.8, 4) is 0 Å². The molecule has 0 aliphatic carbocycles. The van der Waals surface area contributed by atoms with Gasteiger partial charge in [0.25, 0.3) is 5.91 Å². The van der Waals surface area contributed by atoms with E-state index in [4.69, 9.17) is 0 Å². The molecule has 1 heterocycles. The van der Waals surface area contributed by atoms with E-state index in [-0.39, 0.29) is 16.6 Å². The lowest BCUT2D eigenvalue weighted by Gasteiger charge is -2.27. The van der Waals surface area contributed by atoms with Crippen LogP contribution in [0.3, 0.4) is 0 Å².